The van der Waals surface area contributed by atoms with Gasteiger partial charge in [0.25, 0.3) is 5.91 Å². The lowest BCUT2D eigenvalue weighted by atomic mass is 10.1. The zero-order valence-corrected chi connectivity index (χ0v) is 18.3. The van der Waals surface area contributed by atoms with Crippen LogP contribution in [0.3, 0.4) is 0 Å². The molecule has 3 rings (SSSR count). The number of carbonyl (C=O) groups is 2. The molecule has 0 radical (unpaired) electrons. The first-order valence-corrected chi connectivity index (χ1v) is 10.2. The summed E-state index contributed by atoms with van der Waals surface area (Å²) in [5, 5.41) is 8.36. The molecule has 3 amide bonds. The quantitative estimate of drug-likeness (QED) is 0.499. The van der Waals surface area contributed by atoms with E-state index in [1.54, 1.807) is 26.0 Å². The van der Waals surface area contributed by atoms with E-state index >= 15 is 0 Å². The number of benzene rings is 2. The number of nitrogens with zero attached hydrogens (tertiary/aromatic N) is 1. The molecule has 0 aliphatic heterocycles. The van der Waals surface area contributed by atoms with Gasteiger partial charge in [0, 0.05) is 11.4 Å². The standard InChI is InChI=1S/C22H23FN4O2S/c1-11-8-13(3)18(14(4)9-11)26-20(28)19-15(5)24-22(30-19)27-21(29)25-16-7-6-12(2)17(23)10-16/h6-10H,1-5H3,(H,26,28)(H2,24,25,27,29). The Labute approximate surface area is 178 Å². The van der Waals surface area contributed by atoms with Gasteiger partial charge in [-0.1, -0.05) is 35.1 Å². The van der Waals surface area contributed by atoms with Crippen LogP contribution in [0.4, 0.5) is 25.7 Å². The molecule has 0 bridgehead atoms. The second kappa shape index (κ2) is 8.62. The zero-order valence-electron chi connectivity index (χ0n) is 17.4. The Bertz CT molecular complexity index is 1120. The smallest absolute Gasteiger partial charge is 0.321 e. The third kappa shape index (κ3) is 4.83. The molecule has 0 fully saturated rings. The Morgan fingerprint density at radius 3 is 2.20 bits per heavy atom. The summed E-state index contributed by atoms with van der Waals surface area (Å²) in [7, 11) is 0. The van der Waals surface area contributed by atoms with Crippen LogP contribution in [0.25, 0.3) is 0 Å². The van der Waals surface area contributed by atoms with Gasteiger partial charge in [0.05, 0.1) is 5.69 Å². The van der Waals surface area contributed by atoms with Crippen molar-refractivity contribution in [2.75, 3.05) is 16.0 Å². The summed E-state index contributed by atoms with van der Waals surface area (Å²) in [6.07, 6.45) is 0. The summed E-state index contributed by atoms with van der Waals surface area (Å²) in [4.78, 5) is 29.6. The number of anilines is 3. The number of aromatic nitrogens is 1. The Hall–Kier alpha value is -3.26. The van der Waals surface area contributed by atoms with Crippen LogP contribution in [0.15, 0.2) is 30.3 Å². The first-order chi connectivity index (χ1) is 14.1. The van der Waals surface area contributed by atoms with Crippen molar-refractivity contribution < 1.29 is 14.0 Å². The molecule has 6 nitrogen and oxygen atoms in total. The second-order valence-electron chi connectivity index (χ2n) is 7.20. The van der Waals surface area contributed by atoms with E-state index in [4.69, 9.17) is 0 Å². The van der Waals surface area contributed by atoms with E-state index in [2.05, 4.69) is 20.9 Å². The van der Waals surface area contributed by atoms with Crippen LogP contribution in [0, 0.1) is 40.4 Å². The highest BCUT2D eigenvalue weighted by Gasteiger charge is 2.18. The largest absolute Gasteiger partial charge is 0.325 e. The Morgan fingerprint density at radius 2 is 1.57 bits per heavy atom. The summed E-state index contributed by atoms with van der Waals surface area (Å²) < 4.78 is 13.6. The molecular formula is C22H23FN4O2S. The van der Waals surface area contributed by atoms with Gasteiger partial charge in [0.1, 0.15) is 10.7 Å². The van der Waals surface area contributed by atoms with Gasteiger partial charge in [-0.2, -0.15) is 0 Å². The molecule has 0 aliphatic carbocycles. The number of urea groups is 1. The third-order valence-corrected chi connectivity index (χ3v) is 5.64. The average Bonchev–Trinajstić information content (AvgIpc) is 3.01. The molecule has 1 heterocycles. The highest BCUT2D eigenvalue weighted by atomic mass is 32.1. The summed E-state index contributed by atoms with van der Waals surface area (Å²) >= 11 is 1.08. The number of thiazole rings is 1. The molecule has 1 aromatic heterocycles. The van der Waals surface area contributed by atoms with Crippen molar-refractivity contribution in [3.8, 4) is 0 Å². The van der Waals surface area contributed by atoms with Crippen molar-refractivity contribution in [3.63, 3.8) is 0 Å². The van der Waals surface area contributed by atoms with E-state index < -0.39 is 11.8 Å². The Kier molecular flexibility index (Phi) is 6.17. The molecular weight excluding hydrogens is 403 g/mol. The van der Waals surface area contributed by atoms with Crippen molar-refractivity contribution >= 4 is 39.8 Å². The number of amides is 3. The Morgan fingerprint density at radius 1 is 0.900 bits per heavy atom. The number of hydrogen-bond donors (Lipinski definition) is 3. The lowest BCUT2D eigenvalue weighted by molar-refractivity contribution is 0.102. The van der Waals surface area contributed by atoms with Gasteiger partial charge in [-0.15, -0.1) is 0 Å². The van der Waals surface area contributed by atoms with Crippen molar-refractivity contribution in [2.45, 2.75) is 34.6 Å². The summed E-state index contributed by atoms with van der Waals surface area (Å²) in [6.45, 7) is 9.25. The molecule has 3 aromatic rings. The molecule has 3 N–H and O–H groups in total. The summed E-state index contributed by atoms with van der Waals surface area (Å²) in [5.74, 6) is -0.687. The Balaban J connectivity index is 1.71. The second-order valence-corrected chi connectivity index (χ2v) is 8.20. The fourth-order valence-corrected chi connectivity index (χ4v) is 3.99. The maximum atomic E-state index is 13.6. The molecule has 156 valence electrons. The SMILES string of the molecule is Cc1cc(C)c(NC(=O)c2sc(NC(=O)Nc3ccc(C)c(F)c3)nc2C)c(C)c1. The highest BCUT2D eigenvalue weighted by Crippen LogP contribution is 2.27. The summed E-state index contributed by atoms with van der Waals surface area (Å²) in [6, 6.07) is 7.88. The molecule has 0 unspecified atom stereocenters. The van der Waals surface area contributed by atoms with Crippen molar-refractivity contribution in [1.82, 2.24) is 4.98 Å². The van der Waals surface area contributed by atoms with Gasteiger partial charge in [0.15, 0.2) is 5.13 Å². The van der Waals surface area contributed by atoms with Crippen LogP contribution in [0.1, 0.15) is 37.6 Å². The van der Waals surface area contributed by atoms with E-state index in [-0.39, 0.29) is 11.0 Å². The molecule has 8 heteroatoms. The van der Waals surface area contributed by atoms with Crippen molar-refractivity contribution in [3.05, 3.63) is 69.0 Å². The van der Waals surface area contributed by atoms with Crippen LogP contribution >= 0.6 is 11.3 Å². The predicted molar refractivity (Wildman–Crippen MR) is 119 cm³/mol. The van der Waals surface area contributed by atoms with Crippen LogP contribution in [-0.4, -0.2) is 16.9 Å². The third-order valence-electron chi connectivity index (χ3n) is 4.57. The molecule has 0 spiro atoms. The first-order valence-electron chi connectivity index (χ1n) is 9.35. The van der Waals surface area contributed by atoms with Gasteiger partial charge < -0.3 is 10.6 Å². The molecule has 0 saturated heterocycles. The normalized spacial score (nSPS) is 10.6. The minimum Gasteiger partial charge on any atom is -0.321 e. The fourth-order valence-electron chi connectivity index (χ4n) is 3.14. The van der Waals surface area contributed by atoms with E-state index in [0.717, 1.165) is 33.7 Å². The van der Waals surface area contributed by atoms with Crippen molar-refractivity contribution in [1.29, 1.82) is 0 Å². The zero-order chi connectivity index (χ0) is 22.0. The first kappa shape index (κ1) is 21.4. The maximum Gasteiger partial charge on any atom is 0.325 e. The van der Waals surface area contributed by atoms with Crippen LogP contribution < -0.4 is 16.0 Å². The van der Waals surface area contributed by atoms with E-state index in [9.17, 15) is 14.0 Å². The fraction of sp³-hybridized carbons (Fsp3) is 0.227. The topological polar surface area (TPSA) is 83.1 Å². The summed E-state index contributed by atoms with van der Waals surface area (Å²) in [5.41, 5.74) is 5.18. The van der Waals surface area contributed by atoms with Crippen LogP contribution in [0.5, 0.6) is 0 Å². The lowest BCUT2D eigenvalue weighted by Crippen LogP contribution is -2.19. The minimum atomic E-state index is -0.566. The molecule has 0 saturated carbocycles. The van der Waals surface area contributed by atoms with Gasteiger partial charge in [-0.3, -0.25) is 10.1 Å². The molecule has 0 atom stereocenters. The van der Waals surface area contributed by atoms with Crippen molar-refractivity contribution in [2.24, 2.45) is 0 Å². The monoisotopic (exact) mass is 426 g/mol. The number of rotatable bonds is 4. The molecule has 0 aliphatic rings. The van der Waals surface area contributed by atoms with Gasteiger partial charge in [-0.25, -0.2) is 14.2 Å². The van der Waals surface area contributed by atoms with Gasteiger partial charge >= 0.3 is 6.03 Å². The maximum absolute atomic E-state index is 13.6. The lowest BCUT2D eigenvalue weighted by Gasteiger charge is -2.12. The number of hydrogen-bond acceptors (Lipinski definition) is 4. The highest BCUT2D eigenvalue weighted by molar-refractivity contribution is 7.17. The van der Waals surface area contributed by atoms with Crippen LogP contribution in [-0.2, 0) is 0 Å². The average molecular weight is 427 g/mol. The number of aryl methyl sites for hydroxylation is 5. The van der Waals surface area contributed by atoms with E-state index in [0.29, 0.717) is 21.8 Å². The van der Waals surface area contributed by atoms with Gasteiger partial charge in [0.2, 0.25) is 0 Å². The van der Waals surface area contributed by atoms with E-state index in [1.165, 1.54) is 6.07 Å². The van der Waals surface area contributed by atoms with E-state index in [1.807, 2.05) is 32.9 Å². The number of carbonyl (C=O) groups excluding carboxylic acids is 2. The van der Waals surface area contributed by atoms with Crippen LogP contribution in [0.2, 0.25) is 0 Å². The molecule has 30 heavy (non-hydrogen) atoms. The minimum absolute atomic E-state index is 0.278. The molecule has 2 aromatic carbocycles. The van der Waals surface area contributed by atoms with Gasteiger partial charge in [-0.05, 0) is 63.4 Å². The predicted octanol–water partition coefficient (Wildman–Crippen LogP) is 5.72. The number of nitrogens with one attached hydrogen (secondary N) is 3. The number of halogens is 1.